The second-order valence-corrected chi connectivity index (χ2v) is 10.3. The number of carbonyl (C=O) groups is 2. The van der Waals surface area contributed by atoms with Gasteiger partial charge in [0.2, 0.25) is 5.91 Å². The second-order valence-electron chi connectivity index (χ2n) is 9.12. The average Bonchev–Trinajstić information content (AvgIpc) is 3.34. The van der Waals surface area contributed by atoms with Crippen molar-refractivity contribution >= 4 is 29.3 Å². The van der Waals surface area contributed by atoms with Crippen molar-refractivity contribution < 1.29 is 27.5 Å². The largest absolute Gasteiger partial charge is 0.467 e. The predicted molar refractivity (Wildman–Crippen MR) is 139 cm³/mol. The number of piperidine rings is 1. The summed E-state index contributed by atoms with van der Waals surface area (Å²) in [7, 11) is 1.28. The van der Waals surface area contributed by atoms with Crippen LogP contribution in [0.4, 0.5) is 18.9 Å². The van der Waals surface area contributed by atoms with Gasteiger partial charge in [0.25, 0.3) is 0 Å². The third-order valence-electron chi connectivity index (χ3n) is 6.39. The van der Waals surface area contributed by atoms with Crippen LogP contribution in [0.3, 0.4) is 0 Å². The standard InChI is InChI=1S/C27H29F3N4O3S/c1-37-26(36)24(14-21-17-33(18-31-21)16-19-6-3-2-4-7-19)32-25(35)20-10-12-34(13-11-20)22-8-5-9-23(15-22)38-27(28,29)30/h2-9,15,17-18,20,24H,10-14,16H2,1H3,(H,32,35). The van der Waals surface area contributed by atoms with Crippen molar-refractivity contribution in [1.82, 2.24) is 14.9 Å². The van der Waals surface area contributed by atoms with Gasteiger partial charge in [0.1, 0.15) is 6.04 Å². The highest BCUT2D eigenvalue weighted by atomic mass is 32.2. The van der Waals surface area contributed by atoms with Crippen molar-refractivity contribution in [2.45, 2.75) is 42.3 Å². The number of nitrogens with zero attached hydrogens (tertiary/aromatic N) is 3. The number of imidazole rings is 1. The summed E-state index contributed by atoms with van der Waals surface area (Å²) in [5.41, 5.74) is -1.88. The first-order valence-electron chi connectivity index (χ1n) is 12.2. The summed E-state index contributed by atoms with van der Waals surface area (Å²) < 4.78 is 45.0. The Morgan fingerprint density at radius 1 is 1.13 bits per heavy atom. The number of benzene rings is 2. The molecule has 0 saturated carbocycles. The molecule has 7 nitrogen and oxygen atoms in total. The van der Waals surface area contributed by atoms with Crippen LogP contribution in [0, 0.1) is 5.92 Å². The number of anilines is 1. The van der Waals surface area contributed by atoms with E-state index in [-0.39, 0.29) is 34.9 Å². The minimum absolute atomic E-state index is 0.127. The van der Waals surface area contributed by atoms with Crippen LogP contribution in [0.5, 0.6) is 0 Å². The number of aromatic nitrogens is 2. The summed E-state index contributed by atoms with van der Waals surface area (Å²) in [6.07, 6.45) is 4.77. The molecule has 1 saturated heterocycles. The number of rotatable bonds is 9. The van der Waals surface area contributed by atoms with Gasteiger partial charge in [0.05, 0.1) is 19.1 Å². The van der Waals surface area contributed by atoms with E-state index < -0.39 is 17.5 Å². The normalized spacial score (nSPS) is 15.2. The van der Waals surface area contributed by atoms with Gasteiger partial charge in [0, 0.05) is 48.8 Å². The minimum atomic E-state index is -4.35. The smallest absolute Gasteiger partial charge is 0.446 e. The van der Waals surface area contributed by atoms with E-state index in [9.17, 15) is 22.8 Å². The van der Waals surface area contributed by atoms with E-state index in [1.54, 1.807) is 18.5 Å². The molecule has 1 aromatic heterocycles. The highest BCUT2D eigenvalue weighted by Crippen LogP contribution is 2.38. The van der Waals surface area contributed by atoms with Crippen LogP contribution in [-0.4, -0.2) is 53.2 Å². The number of alkyl halides is 3. The molecule has 1 aliphatic rings. The highest BCUT2D eigenvalue weighted by molar-refractivity contribution is 8.00. The maximum absolute atomic E-state index is 13.0. The van der Waals surface area contributed by atoms with Gasteiger partial charge in [-0.3, -0.25) is 4.79 Å². The molecule has 2 aromatic carbocycles. The molecule has 0 spiro atoms. The summed E-state index contributed by atoms with van der Waals surface area (Å²) in [6.45, 7) is 1.68. The summed E-state index contributed by atoms with van der Waals surface area (Å²) >= 11 is -0.143. The van der Waals surface area contributed by atoms with Crippen molar-refractivity contribution in [1.29, 1.82) is 0 Å². The van der Waals surface area contributed by atoms with Gasteiger partial charge in [0.15, 0.2) is 0 Å². The van der Waals surface area contributed by atoms with Crippen LogP contribution in [0.2, 0.25) is 0 Å². The van der Waals surface area contributed by atoms with Crippen LogP contribution in [0.1, 0.15) is 24.1 Å². The third kappa shape index (κ3) is 7.77. The number of hydrogen-bond acceptors (Lipinski definition) is 6. The van der Waals surface area contributed by atoms with Crippen LogP contribution in [0.15, 0.2) is 72.0 Å². The number of thioether (sulfide) groups is 1. The number of hydrogen-bond donors (Lipinski definition) is 1. The number of amides is 1. The van der Waals surface area contributed by atoms with Crippen molar-refractivity contribution in [2.24, 2.45) is 5.92 Å². The van der Waals surface area contributed by atoms with E-state index in [1.165, 1.54) is 19.2 Å². The fourth-order valence-electron chi connectivity index (χ4n) is 4.50. The molecule has 11 heteroatoms. The Labute approximate surface area is 223 Å². The van der Waals surface area contributed by atoms with Gasteiger partial charge in [-0.1, -0.05) is 36.4 Å². The number of ether oxygens (including phenoxy) is 1. The Balaban J connectivity index is 1.32. The molecule has 2 heterocycles. The molecule has 1 amide bonds. The number of halogens is 3. The number of carbonyl (C=O) groups excluding carboxylic acids is 2. The second kappa shape index (κ2) is 12.4. The zero-order valence-corrected chi connectivity index (χ0v) is 21.7. The van der Waals surface area contributed by atoms with Crippen molar-refractivity contribution in [2.75, 3.05) is 25.1 Å². The first kappa shape index (κ1) is 27.6. The van der Waals surface area contributed by atoms with E-state index in [0.717, 1.165) is 5.56 Å². The van der Waals surface area contributed by atoms with Gasteiger partial charge in [-0.15, -0.1) is 0 Å². The molecular weight excluding hydrogens is 517 g/mol. The molecule has 3 aromatic rings. The first-order valence-corrected chi connectivity index (χ1v) is 13.1. The van der Waals surface area contributed by atoms with Crippen LogP contribution in [0.25, 0.3) is 0 Å². The SMILES string of the molecule is COC(=O)C(Cc1cn(Cc2ccccc2)cn1)NC(=O)C1CCN(c2cccc(SC(F)(F)F)c2)CC1. The Kier molecular flexibility index (Phi) is 8.98. The molecule has 1 N–H and O–H groups in total. The Morgan fingerprint density at radius 3 is 2.55 bits per heavy atom. The molecule has 4 rings (SSSR count). The highest BCUT2D eigenvalue weighted by Gasteiger charge is 2.31. The molecule has 1 atom stereocenters. The van der Waals surface area contributed by atoms with Crippen molar-refractivity contribution in [3.8, 4) is 0 Å². The van der Waals surface area contributed by atoms with Crippen LogP contribution >= 0.6 is 11.8 Å². The van der Waals surface area contributed by atoms with E-state index >= 15 is 0 Å². The summed E-state index contributed by atoms with van der Waals surface area (Å²) in [5.74, 6) is -1.11. The van der Waals surface area contributed by atoms with Gasteiger partial charge < -0.3 is 19.5 Å². The average molecular weight is 547 g/mol. The summed E-state index contributed by atoms with van der Waals surface area (Å²) in [5, 5.41) is 2.82. The lowest BCUT2D eigenvalue weighted by molar-refractivity contribution is -0.145. The zero-order chi connectivity index (χ0) is 27.1. The van der Waals surface area contributed by atoms with Crippen molar-refractivity contribution in [3.05, 3.63) is 78.4 Å². The summed E-state index contributed by atoms with van der Waals surface area (Å²) in [6, 6.07) is 15.3. The Bertz CT molecular complexity index is 1230. The minimum Gasteiger partial charge on any atom is -0.467 e. The topological polar surface area (TPSA) is 76.5 Å². The number of esters is 1. The molecular formula is C27H29F3N4O3S. The van der Waals surface area contributed by atoms with Crippen molar-refractivity contribution in [3.63, 3.8) is 0 Å². The lowest BCUT2D eigenvalue weighted by Gasteiger charge is -2.33. The monoisotopic (exact) mass is 546 g/mol. The molecule has 1 fully saturated rings. The molecule has 0 aliphatic carbocycles. The van der Waals surface area contributed by atoms with E-state index in [1.807, 2.05) is 46.0 Å². The number of nitrogens with one attached hydrogen (secondary N) is 1. The van der Waals surface area contributed by atoms with E-state index in [4.69, 9.17) is 4.74 Å². The number of methoxy groups -OCH3 is 1. The molecule has 0 radical (unpaired) electrons. The summed E-state index contributed by atoms with van der Waals surface area (Å²) in [4.78, 5) is 32.0. The first-order chi connectivity index (χ1) is 18.2. The maximum Gasteiger partial charge on any atom is 0.446 e. The Hall–Kier alpha value is -3.47. The maximum atomic E-state index is 13.0. The van der Waals surface area contributed by atoms with Gasteiger partial charge in [-0.2, -0.15) is 13.2 Å². The zero-order valence-electron chi connectivity index (χ0n) is 20.9. The third-order valence-corrected chi connectivity index (χ3v) is 7.11. The van der Waals surface area contributed by atoms with Crippen LogP contribution in [-0.2, 0) is 27.3 Å². The molecule has 202 valence electrons. The lowest BCUT2D eigenvalue weighted by Crippen LogP contribution is -2.48. The fourth-order valence-corrected chi connectivity index (χ4v) is 5.10. The van der Waals surface area contributed by atoms with E-state index in [2.05, 4.69) is 10.3 Å². The van der Waals surface area contributed by atoms with Gasteiger partial charge >= 0.3 is 11.5 Å². The Morgan fingerprint density at radius 2 is 1.87 bits per heavy atom. The van der Waals surface area contributed by atoms with Gasteiger partial charge in [-0.25, -0.2) is 9.78 Å². The fraction of sp³-hybridized carbons (Fsp3) is 0.370. The van der Waals surface area contributed by atoms with E-state index in [0.29, 0.717) is 43.9 Å². The van der Waals surface area contributed by atoms with Crippen LogP contribution < -0.4 is 10.2 Å². The predicted octanol–water partition coefficient (Wildman–Crippen LogP) is 4.66. The molecule has 1 unspecified atom stereocenters. The lowest BCUT2D eigenvalue weighted by atomic mass is 9.95. The molecule has 1 aliphatic heterocycles. The molecule has 38 heavy (non-hydrogen) atoms. The quantitative estimate of drug-likeness (QED) is 0.311. The molecule has 0 bridgehead atoms. The van der Waals surface area contributed by atoms with Gasteiger partial charge in [-0.05, 0) is 48.4 Å².